The number of anilines is 2. The van der Waals surface area contributed by atoms with E-state index in [1.54, 1.807) is 6.92 Å². The summed E-state index contributed by atoms with van der Waals surface area (Å²) in [5.41, 5.74) is 0. The predicted octanol–water partition coefficient (Wildman–Crippen LogP) is -2.29. The number of nitrogens with one attached hydrogen (secondary N) is 2. The van der Waals surface area contributed by atoms with Crippen molar-refractivity contribution in [2.24, 2.45) is 0 Å². The Morgan fingerprint density at radius 1 is 0.895 bits per heavy atom. The highest BCUT2D eigenvalue weighted by atomic mass is 16.3. The van der Waals surface area contributed by atoms with Gasteiger partial charge < -0.3 is 31.1 Å². The minimum Gasteiger partial charge on any atom is -0.394 e. The molecule has 6 N–H and O–H groups in total. The zero-order valence-electron chi connectivity index (χ0n) is 10.6. The van der Waals surface area contributed by atoms with Gasteiger partial charge in [0.15, 0.2) is 0 Å². The van der Waals surface area contributed by atoms with Crippen LogP contribution in [0.4, 0.5) is 11.9 Å². The van der Waals surface area contributed by atoms with Crippen molar-refractivity contribution in [3.8, 4) is 0 Å². The molecule has 0 aliphatic rings. The van der Waals surface area contributed by atoms with Gasteiger partial charge in [0, 0.05) is 13.1 Å². The molecule has 108 valence electrons. The fourth-order valence-electron chi connectivity index (χ4n) is 1.19. The molecule has 9 nitrogen and oxygen atoms in total. The van der Waals surface area contributed by atoms with Gasteiger partial charge in [0.05, 0.1) is 25.4 Å². The molecule has 1 rings (SSSR count). The fourth-order valence-corrected chi connectivity index (χ4v) is 1.19. The van der Waals surface area contributed by atoms with E-state index < -0.39 is 12.2 Å². The van der Waals surface area contributed by atoms with Crippen LogP contribution >= 0.6 is 0 Å². The first kappa shape index (κ1) is 15.5. The third kappa shape index (κ3) is 5.75. The largest absolute Gasteiger partial charge is 0.394 e. The Kier molecular flexibility index (Phi) is 6.36. The van der Waals surface area contributed by atoms with Gasteiger partial charge in [-0.1, -0.05) is 0 Å². The van der Waals surface area contributed by atoms with E-state index in [9.17, 15) is 10.2 Å². The van der Waals surface area contributed by atoms with Gasteiger partial charge in [-0.05, 0) is 6.92 Å². The Morgan fingerprint density at radius 3 is 1.68 bits per heavy atom. The lowest BCUT2D eigenvalue weighted by molar-refractivity contribution is 0.105. The molecular weight excluding hydrogens is 254 g/mol. The second-order valence-electron chi connectivity index (χ2n) is 3.96. The topological polar surface area (TPSA) is 144 Å². The predicted molar refractivity (Wildman–Crippen MR) is 67.7 cm³/mol. The molecule has 1 aromatic rings. The number of aliphatic hydroxyl groups is 4. The van der Waals surface area contributed by atoms with Crippen LogP contribution in [-0.4, -0.2) is 73.9 Å². The number of hydrogen-bond donors (Lipinski definition) is 6. The van der Waals surface area contributed by atoms with E-state index >= 15 is 0 Å². The molecule has 0 spiro atoms. The number of aryl methyl sites for hydroxylation is 1. The zero-order chi connectivity index (χ0) is 14.3. The highest BCUT2D eigenvalue weighted by Gasteiger charge is 2.08. The Bertz CT molecular complexity index is 360. The number of hydrogen-bond acceptors (Lipinski definition) is 9. The minimum atomic E-state index is -0.898. The molecule has 19 heavy (non-hydrogen) atoms. The summed E-state index contributed by atoms with van der Waals surface area (Å²) < 4.78 is 0. The Hall–Kier alpha value is -1.55. The van der Waals surface area contributed by atoms with E-state index in [-0.39, 0.29) is 38.2 Å². The normalized spacial score (nSPS) is 13.9. The van der Waals surface area contributed by atoms with E-state index in [1.165, 1.54) is 0 Å². The van der Waals surface area contributed by atoms with E-state index in [2.05, 4.69) is 25.6 Å². The summed E-state index contributed by atoms with van der Waals surface area (Å²) in [5, 5.41) is 41.3. The molecule has 9 heteroatoms. The van der Waals surface area contributed by atoms with Gasteiger partial charge in [0.1, 0.15) is 5.82 Å². The van der Waals surface area contributed by atoms with Crippen LogP contribution < -0.4 is 10.6 Å². The lowest BCUT2D eigenvalue weighted by Crippen LogP contribution is -2.26. The minimum absolute atomic E-state index is 0.110. The number of aliphatic hydroxyl groups excluding tert-OH is 4. The van der Waals surface area contributed by atoms with Gasteiger partial charge in [-0.15, -0.1) is 0 Å². The molecule has 2 atom stereocenters. The molecule has 0 aliphatic heterocycles. The molecular formula is C10H19N5O4. The molecule has 0 radical (unpaired) electrons. The molecule has 1 aromatic heterocycles. The average molecular weight is 273 g/mol. The van der Waals surface area contributed by atoms with Crippen molar-refractivity contribution in [1.82, 2.24) is 15.0 Å². The summed E-state index contributed by atoms with van der Waals surface area (Å²) >= 11 is 0. The number of nitrogens with zero attached hydrogens (tertiary/aromatic N) is 3. The Balaban J connectivity index is 2.60. The summed E-state index contributed by atoms with van der Waals surface area (Å²) in [7, 11) is 0. The second kappa shape index (κ2) is 7.79. The number of aromatic nitrogens is 3. The van der Waals surface area contributed by atoms with Gasteiger partial charge in [-0.3, -0.25) is 0 Å². The highest BCUT2D eigenvalue weighted by Crippen LogP contribution is 2.05. The van der Waals surface area contributed by atoms with Crippen LogP contribution in [0.2, 0.25) is 0 Å². The second-order valence-corrected chi connectivity index (χ2v) is 3.96. The lowest BCUT2D eigenvalue weighted by Gasteiger charge is -2.12. The van der Waals surface area contributed by atoms with Crippen LogP contribution in [0.15, 0.2) is 0 Å². The standard InChI is InChI=1S/C10H19N5O4/c1-6-13-9(11-2-7(18)4-16)15-10(14-6)12-3-8(19)5-17/h7-8,16-19H,2-5H2,1H3,(H2,11,12,13,14,15). The summed E-state index contributed by atoms with van der Waals surface area (Å²) in [5.74, 6) is 0.957. The van der Waals surface area contributed by atoms with Crippen LogP contribution in [-0.2, 0) is 0 Å². The first-order chi connectivity index (χ1) is 9.05. The number of rotatable bonds is 8. The molecule has 0 fully saturated rings. The molecule has 0 aliphatic carbocycles. The van der Waals surface area contributed by atoms with Gasteiger partial charge in [-0.2, -0.15) is 15.0 Å². The van der Waals surface area contributed by atoms with Crippen LogP contribution in [0.5, 0.6) is 0 Å². The van der Waals surface area contributed by atoms with Crippen LogP contribution in [0.1, 0.15) is 5.82 Å². The molecule has 0 saturated heterocycles. The maximum Gasteiger partial charge on any atom is 0.227 e. The fraction of sp³-hybridized carbons (Fsp3) is 0.700. The monoisotopic (exact) mass is 273 g/mol. The van der Waals surface area contributed by atoms with Gasteiger partial charge in [-0.25, -0.2) is 0 Å². The van der Waals surface area contributed by atoms with E-state index in [4.69, 9.17) is 10.2 Å². The Morgan fingerprint density at radius 2 is 1.32 bits per heavy atom. The van der Waals surface area contributed by atoms with Crippen LogP contribution in [0, 0.1) is 6.92 Å². The zero-order valence-corrected chi connectivity index (χ0v) is 10.6. The highest BCUT2D eigenvalue weighted by molar-refractivity contribution is 5.34. The van der Waals surface area contributed by atoms with Crippen molar-refractivity contribution in [3.05, 3.63) is 5.82 Å². The van der Waals surface area contributed by atoms with Gasteiger partial charge >= 0.3 is 0 Å². The summed E-state index contributed by atoms with van der Waals surface area (Å²) in [4.78, 5) is 12.0. The van der Waals surface area contributed by atoms with Crippen molar-refractivity contribution >= 4 is 11.9 Å². The van der Waals surface area contributed by atoms with E-state index in [0.717, 1.165) is 0 Å². The van der Waals surface area contributed by atoms with Crippen LogP contribution in [0.3, 0.4) is 0 Å². The van der Waals surface area contributed by atoms with Crippen molar-refractivity contribution in [2.75, 3.05) is 36.9 Å². The third-order valence-corrected chi connectivity index (χ3v) is 2.16. The Labute approximate surface area is 110 Å². The molecule has 0 saturated carbocycles. The van der Waals surface area contributed by atoms with Gasteiger partial charge in [0.25, 0.3) is 0 Å². The van der Waals surface area contributed by atoms with E-state index in [1.807, 2.05) is 0 Å². The molecule has 0 aromatic carbocycles. The summed E-state index contributed by atoms with van der Waals surface area (Å²) in [6.45, 7) is 1.18. The van der Waals surface area contributed by atoms with Crippen molar-refractivity contribution < 1.29 is 20.4 Å². The molecule has 2 unspecified atom stereocenters. The van der Waals surface area contributed by atoms with E-state index in [0.29, 0.717) is 5.82 Å². The quantitative estimate of drug-likeness (QED) is 0.308. The summed E-state index contributed by atoms with van der Waals surface area (Å²) in [6, 6.07) is 0. The van der Waals surface area contributed by atoms with Crippen molar-refractivity contribution in [2.45, 2.75) is 19.1 Å². The van der Waals surface area contributed by atoms with Gasteiger partial charge in [0.2, 0.25) is 11.9 Å². The smallest absolute Gasteiger partial charge is 0.227 e. The van der Waals surface area contributed by atoms with Crippen LogP contribution in [0.25, 0.3) is 0 Å². The molecule has 1 heterocycles. The SMILES string of the molecule is Cc1nc(NCC(O)CO)nc(NCC(O)CO)n1. The first-order valence-electron chi connectivity index (χ1n) is 5.83. The third-order valence-electron chi connectivity index (χ3n) is 2.16. The lowest BCUT2D eigenvalue weighted by atomic mass is 10.4. The first-order valence-corrected chi connectivity index (χ1v) is 5.83. The maximum atomic E-state index is 9.21. The summed E-state index contributed by atoms with van der Waals surface area (Å²) in [6.07, 6.45) is -1.80. The molecule has 0 bridgehead atoms. The average Bonchev–Trinajstić information content (AvgIpc) is 2.41. The maximum absolute atomic E-state index is 9.21. The van der Waals surface area contributed by atoms with Crippen molar-refractivity contribution in [1.29, 1.82) is 0 Å². The van der Waals surface area contributed by atoms with Crippen molar-refractivity contribution in [3.63, 3.8) is 0 Å². The molecule has 0 amide bonds.